The molecule has 1 unspecified atom stereocenters. The van der Waals surface area contributed by atoms with Gasteiger partial charge in [0.25, 0.3) is 0 Å². The smallest absolute Gasteiger partial charge is 0.305 e. The number of hydrogen-bond donors (Lipinski definition) is 2. The Balaban J connectivity index is 2.75. The Kier molecular flexibility index (Phi) is 5.65. The van der Waals surface area contributed by atoms with E-state index in [0.29, 0.717) is 19.5 Å². The van der Waals surface area contributed by atoms with Gasteiger partial charge in [-0.25, -0.2) is 0 Å². The van der Waals surface area contributed by atoms with E-state index in [0.717, 1.165) is 11.3 Å². The molecule has 1 aromatic carbocycles. The Hall–Kier alpha value is -1.55. The van der Waals surface area contributed by atoms with Crippen molar-refractivity contribution < 1.29 is 15.0 Å². The van der Waals surface area contributed by atoms with Crippen molar-refractivity contribution in [3.05, 3.63) is 29.8 Å². The molecule has 0 bridgehead atoms. The van der Waals surface area contributed by atoms with Crippen LogP contribution in [0.1, 0.15) is 25.3 Å². The maximum atomic E-state index is 10.7. The summed E-state index contributed by atoms with van der Waals surface area (Å²) >= 11 is 0. The Labute approximate surface area is 108 Å². The highest BCUT2D eigenvalue weighted by Crippen LogP contribution is 2.20. The second kappa shape index (κ2) is 7.01. The monoisotopic (exact) mass is 251 g/mol. The van der Waals surface area contributed by atoms with Crippen LogP contribution in [0.5, 0.6) is 0 Å². The van der Waals surface area contributed by atoms with E-state index < -0.39 is 5.97 Å². The molecule has 100 valence electrons. The molecular formula is C14H21NO3. The van der Waals surface area contributed by atoms with Crippen molar-refractivity contribution in [3.8, 4) is 0 Å². The second-order valence-corrected chi connectivity index (χ2v) is 4.55. The van der Waals surface area contributed by atoms with Crippen molar-refractivity contribution in [2.75, 3.05) is 18.0 Å². The van der Waals surface area contributed by atoms with Gasteiger partial charge in [0.15, 0.2) is 0 Å². The summed E-state index contributed by atoms with van der Waals surface area (Å²) in [5.41, 5.74) is 2.16. The van der Waals surface area contributed by atoms with Crippen LogP contribution in [-0.4, -0.2) is 35.4 Å². The van der Waals surface area contributed by atoms with Gasteiger partial charge in [-0.2, -0.15) is 0 Å². The van der Waals surface area contributed by atoms with E-state index in [9.17, 15) is 9.90 Å². The topological polar surface area (TPSA) is 60.8 Å². The summed E-state index contributed by atoms with van der Waals surface area (Å²) < 4.78 is 0. The zero-order valence-electron chi connectivity index (χ0n) is 11.0. The molecule has 4 nitrogen and oxygen atoms in total. The van der Waals surface area contributed by atoms with Gasteiger partial charge in [0.1, 0.15) is 0 Å². The molecule has 1 rings (SSSR count). The number of aryl methyl sites for hydroxylation is 1. The average molecular weight is 251 g/mol. The molecule has 0 amide bonds. The van der Waals surface area contributed by atoms with Gasteiger partial charge < -0.3 is 15.1 Å². The van der Waals surface area contributed by atoms with Crippen LogP contribution in [0.15, 0.2) is 24.3 Å². The minimum atomic E-state index is -0.800. The number of para-hydroxylation sites is 1. The number of aliphatic carboxylic acids is 1. The number of carboxylic acids is 1. The number of aliphatic hydroxyl groups is 1. The van der Waals surface area contributed by atoms with Gasteiger partial charge >= 0.3 is 5.97 Å². The number of hydrogen-bond acceptors (Lipinski definition) is 3. The Morgan fingerprint density at radius 2 is 2.00 bits per heavy atom. The van der Waals surface area contributed by atoms with Gasteiger partial charge in [0.05, 0.1) is 12.5 Å². The maximum Gasteiger partial charge on any atom is 0.305 e. The van der Waals surface area contributed by atoms with E-state index in [-0.39, 0.29) is 12.5 Å². The van der Waals surface area contributed by atoms with E-state index >= 15 is 0 Å². The van der Waals surface area contributed by atoms with Gasteiger partial charge in [-0.05, 0) is 31.9 Å². The van der Waals surface area contributed by atoms with Crippen LogP contribution < -0.4 is 4.90 Å². The number of rotatable bonds is 7. The zero-order valence-corrected chi connectivity index (χ0v) is 11.0. The van der Waals surface area contributed by atoms with Crippen molar-refractivity contribution in [3.63, 3.8) is 0 Å². The lowest BCUT2D eigenvalue weighted by molar-refractivity contribution is -0.136. The van der Waals surface area contributed by atoms with E-state index in [1.54, 1.807) is 6.92 Å². The Morgan fingerprint density at radius 3 is 2.56 bits per heavy atom. The van der Waals surface area contributed by atoms with Crippen LogP contribution in [0.3, 0.4) is 0 Å². The summed E-state index contributed by atoms with van der Waals surface area (Å²) in [6, 6.07) is 7.89. The lowest BCUT2D eigenvalue weighted by atomic mass is 10.1. The maximum absolute atomic E-state index is 10.7. The zero-order chi connectivity index (χ0) is 13.5. The third-order valence-corrected chi connectivity index (χ3v) is 2.87. The number of aliphatic hydroxyl groups excluding tert-OH is 1. The molecule has 1 atom stereocenters. The van der Waals surface area contributed by atoms with E-state index in [4.69, 9.17) is 5.11 Å². The first-order valence-corrected chi connectivity index (χ1v) is 6.21. The first-order valence-electron chi connectivity index (χ1n) is 6.21. The molecule has 0 aliphatic rings. The lowest BCUT2D eigenvalue weighted by Gasteiger charge is -2.26. The minimum Gasteiger partial charge on any atom is -0.481 e. The van der Waals surface area contributed by atoms with Gasteiger partial charge in [-0.3, -0.25) is 4.79 Å². The summed E-state index contributed by atoms with van der Waals surface area (Å²) in [5.74, 6) is -0.800. The van der Waals surface area contributed by atoms with Gasteiger partial charge in [-0.15, -0.1) is 0 Å². The van der Waals surface area contributed by atoms with Gasteiger partial charge in [0, 0.05) is 18.8 Å². The van der Waals surface area contributed by atoms with Crippen molar-refractivity contribution in [2.45, 2.75) is 32.8 Å². The van der Waals surface area contributed by atoms with Crippen LogP contribution >= 0.6 is 0 Å². The Bertz CT molecular complexity index is 390. The van der Waals surface area contributed by atoms with Gasteiger partial charge in [-0.1, -0.05) is 18.2 Å². The first-order chi connectivity index (χ1) is 8.50. The summed E-state index contributed by atoms with van der Waals surface area (Å²) in [5, 5.41) is 18.1. The molecule has 0 heterocycles. The van der Waals surface area contributed by atoms with Crippen LogP contribution in [0, 0.1) is 6.92 Å². The molecule has 2 N–H and O–H groups in total. The third kappa shape index (κ3) is 4.75. The quantitative estimate of drug-likeness (QED) is 0.778. The summed E-state index contributed by atoms with van der Waals surface area (Å²) in [7, 11) is 0. The fourth-order valence-electron chi connectivity index (χ4n) is 1.84. The first kappa shape index (κ1) is 14.5. The standard InChI is InChI=1S/C14H21NO3/c1-11-5-3-4-6-13(11)15(9-7-12(2)16)10-8-14(17)18/h3-6,12,16H,7-10H2,1-2H3,(H,17,18). The molecule has 0 aliphatic carbocycles. The fourth-order valence-corrected chi connectivity index (χ4v) is 1.84. The van der Waals surface area contributed by atoms with Crippen LogP contribution in [0.2, 0.25) is 0 Å². The lowest BCUT2D eigenvalue weighted by Crippen LogP contribution is -2.29. The summed E-state index contributed by atoms with van der Waals surface area (Å²) in [6.45, 7) is 4.88. The highest BCUT2D eigenvalue weighted by atomic mass is 16.4. The highest BCUT2D eigenvalue weighted by Gasteiger charge is 2.11. The van der Waals surface area contributed by atoms with Crippen LogP contribution in [0.25, 0.3) is 0 Å². The van der Waals surface area contributed by atoms with E-state index in [1.807, 2.05) is 36.1 Å². The van der Waals surface area contributed by atoms with Crippen molar-refractivity contribution in [1.82, 2.24) is 0 Å². The van der Waals surface area contributed by atoms with E-state index in [2.05, 4.69) is 0 Å². The third-order valence-electron chi connectivity index (χ3n) is 2.87. The minimum absolute atomic E-state index is 0.105. The Morgan fingerprint density at radius 1 is 1.33 bits per heavy atom. The molecule has 0 aliphatic heterocycles. The average Bonchev–Trinajstić information content (AvgIpc) is 2.30. The SMILES string of the molecule is Cc1ccccc1N(CCC(=O)O)CCC(C)O. The predicted molar refractivity (Wildman–Crippen MR) is 71.9 cm³/mol. The number of anilines is 1. The summed E-state index contributed by atoms with van der Waals surface area (Å²) in [4.78, 5) is 12.7. The normalized spacial score (nSPS) is 12.2. The predicted octanol–water partition coefficient (Wildman–Crippen LogP) is 2.05. The largest absolute Gasteiger partial charge is 0.481 e. The second-order valence-electron chi connectivity index (χ2n) is 4.55. The molecule has 0 aromatic heterocycles. The number of nitrogens with zero attached hydrogens (tertiary/aromatic N) is 1. The molecule has 0 spiro atoms. The molecule has 0 saturated carbocycles. The van der Waals surface area contributed by atoms with Crippen LogP contribution in [0.4, 0.5) is 5.69 Å². The van der Waals surface area contributed by atoms with Crippen molar-refractivity contribution in [2.24, 2.45) is 0 Å². The molecule has 1 aromatic rings. The number of carboxylic acid groups (broad SMARTS) is 1. The molecule has 18 heavy (non-hydrogen) atoms. The number of benzene rings is 1. The molecular weight excluding hydrogens is 230 g/mol. The van der Waals surface area contributed by atoms with Crippen LogP contribution in [-0.2, 0) is 4.79 Å². The molecule has 4 heteroatoms. The van der Waals surface area contributed by atoms with Gasteiger partial charge in [0.2, 0.25) is 0 Å². The van der Waals surface area contributed by atoms with Crippen molar-refractivity contribution in [1.29, 1.82) is 0 Å². The molecule has 0 saturated heterocycles. The number of carbonyl (C=O) groups is 1. The highest BCUT2D eigenvalue weighted by molar-refractivity contribution is 5.68. The summed E-state index contributed by atoms with van der Waals surface area (Å²) in [6.07, 6.45) is 0.364. The van der Waals surface area contributed by atoms with E-state index in [1.165, 1.54) is 0 Å². The molecule has 0 radical (unpaired) electrons. The fraction of sp³-hybridized carbons (Fsp3) is 0.500. The van der Waals surface area contributed by atoms with Crippen molar-refractivity contribution >= 4 is 11.7 Å². The molecule has 0 fully saturated rings.